The van der Waals surface area contributed by atoms with E-state index in [1.165, 1.54) is 17.9 Å². The maximum absolute atomic E-state index is 12.7. The first-order valence-electron chi connectivity index (χ1n) is 6.86. The SMILES string of the molecule is Cn1cc(NC(=O)CCNC(=O)C2CCC2)c(C(F)F)n1. The van der Waals surface area contributed by atoms with Crippen LogP contribution in [-0.4, -0.2) is 28.1 Å². The molecule has 0 unspecified atom stereocenters. The van der Waals surface area contributed by atoms with E-state index in [0.717, 1.165) is 19.3 Å². The van der Waals surface area contributed by atoms with Crippen LogP contribution in [-0.2, 0) is 16.6 Å². The van der Waals surface area contributed by atoms with E-state index < -0.39 is 18.0 Å². The summed E-state index contributed by atoms with van der Waals surface area (Å²) >= 11 is 0. The smallest absolute Gasteiger partial charge is 0.284 e. The van der Waals surface area contributed by atoms with Gasteiger partial charge in [0.05, 0.1) is 5.69 Å². The fourth-order valence-electron chi connectivity index (χ4n) is 2.09. The van der Waals surface area contributed by atoms with Crippen molar-refractivity contribution in [2.24, 2.45) is 13.0 Å². The van der Waals surface area contributed by atoms with Crippen molar-refractivity contribution in [1.29, 1.82) is 0 Å². The molecule has 2 N–H and O–H groups in total. The Labute approximate surface area is 120 Å². The van der Waals surface area contributed by atoms with Crippen molar-refractivity contribution >= 4 is 17.5 Å². The lowest BCUT2D eigenvalue weighted by Gasteiger charge is -2.23. The van der Waals surface area contributed by atoms with Gasteiger partial charge in [-0.1, -0.05) is 6.42 Å². The second-order valence-electron chi connectivity index (χ2n) is 5.12. The van der Waals surface area contributed by atoms with E-state index in [1.807, 2.05) is 0 Å². The van der Waals surface area contributed by atoms with Gasteiger partial charge in [-0.05, 0) is 12.8 Å². The molecule has 1 aromatic heterocycles. The molecule has 1 heterocycles. The number of carbonyl (C=O) groups excluding carboxylic acids is 2. The van der Waals surface area contributed by atoms with Crippen LogP contribution >= 0.6 is 0 Å². The molecular weight excluding hydrogens is 282 g/mol. The highest BCUT2D eigenvalue weighted by Crippen LogP contribution is 2.26. The average molecular weight is 300 g/mol. The molecule has 0 atom stereocenters. The molecule has 2 rings (SSSR count). The van der Waals surface area contributed by atoms with Crippen LogP contribution in [0.4, 0.5) is 14.5 Å². The summed E-state index contributed by atoms with van der Waals surface area (Å²) in [7, 11) is 1.50. The second kappa shape index (κ2) is 6.64. The predicted octanol–water partition coefficient (Wildman–Crippen LogP) is 1.60. The van der Waals surface area contributed by atoms with Crippen LogP contribution in [0.2, 0.25) is 0 Å². The molecule has 0 saturated heterocycles. The number of alkyl halides is 2. The van der Waals surface area contributed by atoms with Crippen LogP contribution in [0.1, 0.15) is 37.8 Å². The molecule has 1 aliphatic carbocycles. The molecule has 1 saturated carbocycles. The summed E-state index contributed by atoms with van der Waals surface area (Å²) in [4.78, 5) is 23.2. The maximum atomic E-state index is 12.7. The summed E-state index contributed by atoms with van der Waals surface area (Å²) in [6.07, 6.45) is 1.47. The van der Waals surface area contributed by atoms with Crippen LogP contribution in [0.5, 0.6) is 0 Å². The average Bonchev–Trinajstić information content (AvgIpc) is 2.68. The number of nitrogens with zero attached hydrogens (tertiary/aromatic N) is 2. The molecule has 0 spiro atoms. The van der Waals surface area contributed by atoms with E-state index in [0.29, 0.717) is 0 Å². The Morgan fingerprint density at radius 2 is 2.19 bits per heavy atom. The number of hydrogen-bond donors (Lipinski definition) is 2. The molecule has 0 bridgehead atoms. The van der Waals surface area contributed by atoms with Crippen LogP contribution in [0.15, 0.2) is 6.20 Å². The van der Waals surface area contributed by atoms with Gasteiger partial charge in [-0.2, -0.15) is 5.10 Å². The van der Waals surface area contributed by atoms with Gasteiger partial charge in [-0.3, -0.25) is 14.3 Å². The third-order valence-electron chi connectivity index (χ3n) is 3.47. The number of anilines is 1. The summed E-state index contributed by atoms with van der Waals surface area (Å²) in [6.45, 7) is 0.200. The molecule has 1 aliphatic rings. The Balaban J connectivity index is 1.77. The lowest BCUT2D eigenvalue weighted by atomic mass is 9.85. The molecule has 1 aromatic rings. The van der Waals surface area contributed by atoms with Crippen molar-refractivity contribution in [2.75, 3.05) is 11.9 Å². The third-order valence-corrected chi connectivity index (χ3v) is 3.47. The Kier molecular flexibility index (Phi) is 4.87. The van der Waals surface area contributed by atoms with Gasteiger partial charge < -0.3 is 10.6 Å². The van der Waals surface area contributed by atoms with Gasteiger partial charge in [0.15, 0.2) is 5.69 Å². The minimum atomic E-state index is -2.75. The van der Waals surface area contributed by atoms with E-state index >= 15 is 0 Å². The summed E-state index contributed by atoms with van der Waals surface area (Å²) in [5.41, 5.74) is -0.452. The fourth-order valence-corrected chi connectivity index (χ4v) is 2.09. The van der Waals surface area contributed by atoms with Gasteiger partial charge in [-0.15, -0.1) is 0 Å². The van der Waals surface area contributed by atoms with Gasteiger partial charge >= 0.3 is 0 Å². The highest BCUT2D eigenvalue weighted by molar-refractivity contribution is 5.91. The topological polar surface area (TPSA) is 76.0 Å². The Morgan fingerprint density at radius 1 is 1.48 bits per heavy atom. The van der Waals surface area contributed by atoms with Crippen LogP contribution in [0.3, 0.4) is 0 Å². The summed E-state index contributed by atoms with van der Waals surface area (Å²) in [6, 6.07) is 0. The molecule has 0 aliphatic heterocycles. The quantitative estimate of drug-likeness (QED) is 0.838. The lowest BCUT2D eigenvalue weighted by Crippen LogP contribution is -2.36. The zero-order chi connectivity index (χ0) is 15.4. The number of carbonyl (C=O) groups is 2. The molecule has 1 fully saturated rings. The number of rotatable bonds is 6. The molecule has 116 valence electrons. The lowest BCUT2D eigenvalue weighted by molar-refractivity contribution is -0.127. The van der Waals surface area contributed by atoms with E-state index in [1.54, 1.807) is 0 Å². The molecule has 2 amide bonds. The highest BCUT2D eigenvalue weighted by Gasteiger charge is 2.25. The van der Waals surface area contributed by atoms with Crippen molar-refractivity contribution in [1.82, 2.24) is 15.1 Å². The van der Waals surface area contributed by atoms with E-state index in [2.05, 4.69) is 15.7 Å². The standard InChI is InChI=1S/C13H18F2N4O2/c1-19-7-9(11(18-19)12(14)15)17-10(20)5-6-16-13(21)8-3-2-4-8/h7-8,12H,2-6H2,1H3,(H,16,21)(H,17,20). The molecule has 21 heavy (non-hydrogen) atoms. The fraction of sp³-hybridized carbons (Fsp3) is 0.615. The zero-order valence-corrected chi connectivity index (χ0v) is 11.7. The van der Waals surface area contributed by atoms with Gasteiger partial charge in [0.1, 0.15) is 0 Å². The molecule has 0 radical (unpaired) electrons. The molecule has 0 aromatic carbocycles. The zero-order valence-electron chi connectivity index (χ0n) is 11.7. The monoisotopic (exact) mass is 300 g/mol. The normalized spacial score (nSPS) is 14.9. The van der Waals surface area contributed by atoms with Crippen molar-refractivity contribution in [2.45, 2.75) is 32.1 Å². The van der Waals surface area contributed by atoms with Gasteiger partial charge in [-0.25, -0.2) is 8.78 Å². The maximum Gasteiger partial charge on any atom is 0.284 e. The number of amides is 2. The third kappa shape index (κ3) is 3.99. The van der Waals surface area contributed by atoms with Crippen LogP contribution in [0.25, 0.3) is 0 Å². The van der Waals surface area contributed by atoms with Gasteiger partial charge in [0.2, 0.25) is 11.8 Å². The number of aryl methyl sites for hydroxylation is 1. The first kappa shape index (κ1) is 15.4. The number of hydrogen-bond acceptors (Lipinski definition) is 3. The number of nitrogens with one attached hydrogen (secondary N) is 2. The van der Waals surface area contributed by atoms with Crippen molar-refractivity contribution < 1.29 is 18.4 Å². The van der Waals surface area contributed by atoms with Crippen molar-refractivity contribution in [3.63, 3.8) is 0 Å². The Morgan fingerprint density at radius 3 is 2.76 bits per heavy atom. The molecular formula is C13H18F2N4O2. The van der Waals surface area contributed by atoms with Crippen molar-refractivity contribution in [3.8, 4) is 0 Å². The number of aromatic nitrogens is 2. The predicted molar refractivity (Wildman–Crippen MR) is 71.8 cm³/mol. The summed E-state index contributed by atoms with van der Waals surface area (Å²) < 4.78 is 26.6. The second-order valence-corrected chi connectivity index (χ2v) is 5.12. The van der Waals surface area contributed by atoms with Crippen molar-refractivity contribution in [3.05, 3.63) is 11.9 Å². The van der Waals surface area contributed by atoms with Crippen LogP contribution < -0.4 is 10.6 Å². The highest BCUT2D eigenvalue weighted by atomic mass is 19.3. The van der Waals surface area contributed by atoms with Gasteiger partial charge in [0.25, 0.3) is 6.43 Å². The van der Waals surface area contributed by atoms with Crippen LogP contribution in [0, 0.1) is 5.92 Å². The minimum Gasteiger partial charge on any atom is -0.355 e. The minimum absolute atomic E-state index is 0.00261. The first-order valence-corrected chi connectivity index (χ1v) is 6.86. The Hall–Kier alpha value is -1.99. The largest absolute Gasteiger partial charge is 0.355 e. The molecule has 6 nitrogen and oxygen atoms in total. The Bertz CT molecular complexity index is 526. The number of halogens is 2. The van der Waals surface area contributed by atoms with Gasteiger partial charge in [0, 0.05) is 32.1 Å². The first-order chi connectivity index (χ1) is 9.97. The van der Waals surface area contributed by atoms with E-state index in [-0.39, 0.29) is 30.5 Å². The van der Waals surface area contributed by atoms with E-state index in [9.17, 15) is 18.4 Å². The van der Waals surface area contributed by atoms with E-state index in [4.69, 9.17) is 0 Å². The summed E-state index contributed by atoms with van der Waals surface area (Å²) in [5.74, 6) is -0.403. The summed E-state index contributed by atoms with van der Waals surface area (Å²) in [5, 5.41) is 8.66. The molecule has 8 heteroatoms.